The number of carbonyl (C=O) groups is 1. The molecule has 1 fully saturated rings. The van der Waals surface area contributed by atoms with Crippen LogP contribution in [-0.4, -0.2) is 34.0 Å². The zero-order valence-electron chi connectivity index (χ0n) is 15.4. The van der Waals surface area contributed by atoms with E-state index in [0.29, 0.717) is 30.8 Å². The van der Waals surface area contributed by atoms with Crippen molar-refractivity contribution in [1.82, 2.24) is 0 Å². The third kappa shape index (κ3) is 2.86. The van der Waals surface area contributed by atoms with E-state index < -0.39 is 10.0 Å². The summed E-state index contributed by atoms with van der Waals surface area (Å²) in [7, 11) is -2.39. The number of carbonyl (C=O) groups excluding carboxylic acids is 1. The van der Waals surface area contributed by atoms with E-state index in [0.717, 1.165) is 12.0 Å². The Morgan fingerprint density at radius 3 is 2.63 bits per heavy atom. The number of hydrogen-bond donors (Lipinski definition) is 0. The van der Waals surface area contributed by atoms with Crippen molar-refractivity contribution >= 4 is 27.3 Å². The molecule has 142 valence electrons. The Morgan fingerprint density at radius 2 is 1.93 bits per heavy atom. The number of methoxy groups -OCH3 is 1. The highest BCUT2D eigenvalue weighted by atomic mass is 32.2. The molecule has 0 bridgehead atoms. The van der Waals surface area contributed by atoms with Crippen LogP contribution in [0.15, 0.2) is 47.4 Å². The van der Waals surface area contributed by atoms with Gasteiger partial charge in [0.2, 0.25) is 5.91 Å². The summed E-state index contributed by atoms with van der Waals surface area (Å²) in [6.07, 6.45) is 1.94. The largest absolute Gasteiger partial charge is 0.495 e. The Bertz CT molecular complexity index is 1000. The minimum absolute atomic E-state index is 0.0170. The van der Waals surface area contributed by atoms with Crippen molar-refractivity contribution in [3.05, 3.63) is 48.0 Å². The lowest BCUT2D eigenvalue weighted by molar-refractivity contribution is -0.117. The number of rotatable bonds is 4. The highest BCUT2D eigenvalue weighted by Crippen LogP contribution is 2.40. The third-order valence-electron chi connectivity index (χ3n) is 5.21. The number of amides is 1. The second-order valence-corrected chi connectivity index (χ2v) is 8.75. The molecule has 0 aliphatic carbocycles. The van der Waals surface area contributed by atoms with Crippen LogP contribution in [0.4, 0.5) is 11.4 Å². The number of nitrogens with zero attached hydrogens (tertiary/aromatic N) is 2. The molecule has 2 aliphatic rings. The molecule has 0 N–H and O–H groups in total. The molecule has 0 saturated carbocycles. The Labute approximate surface area is 159 Å². The van der Waals surface area contributed by atoms with E-state index in [2.05, 4.69) is 0 Å². The smallest absolute Gasteiger partial charge is 0.268 e. The number of para-hydroxylation sites is 1. The first-order chi connectivity index (χ1) is 12.9. The molecule has 1 saturated heterocycles. The summed E-state index contributed by atoms with van der Waals surface area (Å²) in [6.45, 7) is 2.51. The first kappa shape index (κ1) is 17.9. The van der Waals surface area contributed by atoms with E-state index in [1.807, 2.05) is 31.2 Å². The van der Waals surface area contributed by atoms with Crippen LogP contribution in [0.3, 0.4) is 0 Å². The van der Waals surface area contributed by atoms with Crippen molar-refractivity contribution in [2.75, 3.05) is 22.9 Å². The SMILES string of the molecule is COc1ccc(N2CCCC2=O)cc1S(=O)(=O)N1c2ccccc2CC1C. The van der Waals surface area contributed by atoms with Crippen molar-refractivity contribution in [1.29, 1.82) is 0 Å². The molecule has 0 aromatic heterocycles. The molecule has 6 nitrogen and oxygen atoms in total. The van der Waals surface area contributed by atoms with E-state index in [4.69, 9.17) is 4.74 Å². The van der Waals surface area contributed by atoms with E-state index in [9.17, 15) is 13.2 Å². The Balaban J connectivity index is 1.83. The molecule has 4 rings (SSSR count). The minimum atomic E-state index is -3.84. The van der Waals surface area contributed by atoms with Gasteiger partial charge in [0, 0.05) is 24.7 Å². The highest BCUT2D eigenvalue weighted by Gasteiger charge is 2.38. The van der Waals surface area contributed by atoms with Gasteiger partial charge in [-0.25, -0.2) is 8.42 Å². The van der Waals surface area contributed by atoms with Gasteiger partial charge in [0.05, 0.1) is 12.8 Å². The van der Waals surface area contributed by atoms with E-state index in [1.165, 1.54) is 11.4 Å². The predicted octanol–water partition coefficient (Wildman–Crippen LogP) is 2.96. The summed E-state index contributed by atoms with van der Waals surface area (Å²) >= 11 is 0. The van der Waals surface area contributed by atoms with Gasteiger partial charge in [0.25, 0.3) is 10.0 Å². The molecule has 2 aromatic rings. The van der Waals surface area contributed by atoms with Crippen LogP contribution >= 0.6 is 0 Å². The molecular formula is C20H22N2O4S. The molecule has 27 heavy (non-hydrogen) atoms. The van der Waals surface area contributed by atoms with Gasteiger partial charge in [-0.05, 0) is 49.6 Å². The standard InChI is InChI=1S/C20H22N2O4S/c1-14-12-15-6-3-4-7-17(15)22(14)27(24,25)19-13-16(9-10-18(19)26-2)21-11-5-8-20(21)23/h3-4,6-7,9-10,13-14H,5,8,11-12H2,1-2H3. The normalized spacial score (nSPS) is 19.5. The number of fused-ring (bicyclic) bond motifs is 1. The lowest BCUT2D eigenvalue weighted by atomic mass is 10.1. The molecule has 2 aromatic carbocycles. The Hall–Kier alpha value is -2.54. The molecule has 1 amide bonds. The van der Waals surface area contributed by atoms with Crippen LogP contribution in [0, 0.1) is 0 Å². The van der Waals surface area contributed by atoms with Crippen LogP contribution < -0.4 is 13.9 Å². The van der Waals surface area contributed by atoms with Gasteiger partial charge in [0.15, 0.2) is 0 Å². The zero-order chi connectivity index (χ0) is 19.2. The fourth-order valence-corrected chi connectivity index (χ4v) is 5.84. The zero-order valence-corrected chi connectivity index (χ0v) is 16.2. The second kappa shape index (κ2) is 6.56. The van der Waals surface area contributed by atoms with Gasteiger partial charge in [-0.15, -0.1) is 0 Å². The Kier molecular flexibility index (Phi) is 4.34. The number of ether oxygens (including phenoxy) is 1. The summed E-state index contributed by atoms with van der Waals surface area (Å²) in [5, 5.41) is 0. The van der Waals surface area contributed by atoms with Gasteiger partial charge in [-0.3, -0.25) is 9.10 Å². The van der Waals surface area contributed by atoms with Gasteiger partial charge in [-0.2, -0.15) is 0 Å². The second-order valence-electron chi connectivity index (χ2n) is 6.97. The molecule has 2 heterocycles. The minimum Gasteiger partial charge on any atom is -0.495 e. The van der Waals surface area contributed by atoms with Gasteiger partial charge in [-0.1, -0.05) is 18.2 Å². The van der Waals surface area contributed by atoms with Crippen LogP contribution in [0.5, 0.6) is 5.75 Å². The first-order valence-electron chi connectivity index (χ1n) is 9.04. The Morgan fingerprint density at radius 1 is 1.15 bits per heavy atom. The van der Waals surface area contributed by atoms with Crippen molar-refractivity contribution < 1.29 is 17.9 Å². The van der Waals surface area contributed by atoms with Crippen LogP contribution in [0.2, 0.25) is 0 Å². The lowest BCUT2D eigenvalue weighted by Crippen LogP contribution is -2.36. The topological polar surface area (TPSA) is 66.9 Å². The molecule has 1 unspecified atom stereocenters. The van der Waals surface area contributed by atoms with Gasteiger partial charge < -0.3 is 9.64 Å². The molecule has 0 spiro atoms. The van der Waals surface area contributed by atoms with Crippen molar-refractivity contribution in [3.8, 4) is 5.75 Å². The molecule has 2 aliphatic heterocycles. The fraction of sp³-hybridized carbons (Fsp3) is 0.350. The van der Waals surface area contributed by atoms with Gasteiger partial charge in [0.1, 0.15) is 10.6 Å². The van der Waals surface area contributed by atoms with Crippen molar-refractivity contribution in [3.63, 3.8) is 0 Å². The number of anilines is 2. The molecule has 1 atom stereocenters. The summed E-state index contributed by atoms with van der Waals surface area (Å²) in [6, 6.07) is 12.3. The van der Waals surface area contributed by atoms with Crippen molar-refractivity contribution in [2.24, 2.45) is 0 Å². The third-order valence-corrected chi connectivity index (χ3v) is 7.16. The average Bonchev–Trinajstić information content (AvgIpc) is 3.23. The van der Waals surface area contributed by atoms with Crippen LogP contribution in [0.25, 0.3) is 0 Å². The van der Waals surface area contributed by atoms with Crippen molar-refractivity contribution in [2.45, 2.75) is 37.1 Å². The number of hydrogen-bond acceptors (Lipinski definition) is 4. The average molecular weight is 386 g/mol. The number of benzene rings is 2. The molecule has 7 heteroatoms. The van der Waals surface area contributed by atoms with E-state index in [-0.39, 0.29) is 22.6 Å². The predicted molar refractivity (Wildman–Crippen MR) is 104 cm³/mol. The monoisotopic (exact) mass is 386 g/mol. The summed E-state index contributed by atoms with van der Waals surface area (Å²) in [5.74, 6) is 0.297. The highest BCUT2D eigenvalue weighted by molar-refractivity contribution is 7.93. The molecular weight excluding hydrogens is 364 g/mol. The summed E-state index contributed by atoms with van der Waals surface area (Å²) in [5.41, 5.74) is 2.31. The van der Waals surface area contributed by atoms with Crippen LogP contribution in [-0.2, 0) is 21.2 Å². The quantitative estimate of drug-likeness (QED) is 0.810. The molecule has 0 radical (unpaired) electrons. The maximum absolute atomic E-state index is 13.6. The van der Waals surface area contributed by atoms with Crippen LogP contribution in [0.1, 0.15) is 25.3 Å². The fourth-order valence-electron chi connectivity index (χ4n) is 3.97. The van der Waals surface area contributed by atoms with E-state index >= 15 is 0 Å². The summed E-state index contributed by atoms with van der Waals surface area (Å²) < 4.78 is 34.0. The van der Waals surface area contributed by atoms with Gasteiger partial charge >= 0.3 is 0 Å². The van der Waals surface area contributed by atoms with E-state index in [1.54, 1.807) is 23.1 Å². The lowest BCUT2D eigenvalue weighted by Gasteiger charge is -2.26. The number of sulfonamides is 1. The maximum Gasteiger partial charge on any atom is 0.268 e. The maximum atomic E-state index is 13.6. The summed E-state index contributed by atoms with van der Waals surface area (Å²) in [4.78, 5) is 13.8. The first-order valence-corrected chi connectivity index (χ1v) is 10.5.